The molecule has 0 aromatic heterocycles. The van der Waals surface area contributed by atoms with Gasteiger partial charge in [-0.3, -0.25) is 4.90 Å². The number of likely N-dealkylation sites (N-methyl/N-ethyl adjacent to an activating group) is 1. The number of piperazine rings is 1. The summed E-state index contributed by atoms with van der Waals surface area (Å²) >= 11 is 0. The molecule has 2 atom stereocenters. The molecule has 0 spiro atoms. The fourth-order valence-electron chi connectivity index (χ4n) is 3.49. The van der Waals surface area contributed by atoms with Crippen LogP contribution in [0.25, 0.3) is 0 Å². The maximum absolute atomic E-state index is 10.2. The summed E-state index contributed by atoms with van der Waals surface area (Å²) in [4.78, 5) is 4.72. The number of hydrogen-bond acceptors (Lipinski definition) is 4. The molecule has 1 heterocycles. The van der Waals surface area contributed by atoms with E-state index >= 15 is 0 Å². The van der Waals surface area contributed by atoms with Crippen molar-refractivity contribution in [3.63, 3.8) is 0 Å². The molecule has 1 aliphatic carbocycles. The predicted molar refractivity (Wildman–Crippen MR) is 74.5 cm³/mol. The summed E-state index contributed by atoms with van der Waals surface area (Å²) in [5, 5.41) is 10.2. The maximum atomic E-state index is 10.2. The first-order chi connectivity index (χ1) is 8.69. The van der Waals surface area contributed by atoms with Crippen molar-refractivity contribution in [3.05, 3.63) is 0 Å². The minimum atomic E-state index is -0.162. The van der Waals surface area contributed by atoms with Crippen LogP contribution >= 0.6 is 0 Å². The first-order valence-corrected chi connectivity index (χ1v) is 7.49. The summed E-state index contributed by atoms with van der Waals surface area (Å²) in [6.45, 7) is 4.67. The molecule has 0 radical (unpaired) electrons. The Morgan fingerprint density at radius 2 is 2.00 bits per heavy atom. The highest BCUT2D eigenvalue weighted by atomic mass is 16.3. The summed E-state index contributed by atoms with van der Waals surface area (Å²) in [6.07, 6.45) is 6.18. The Morgan fingerprint density at radius 1 is 1.28 bits per heavy atom. The summed E-state index contributed by atoms with van der Waals surface area (Å²) < 4.78 is 0. The van der Waals surface area contributed by atoms with Gasteiger partial charge in [-0.05, 0) is 19.4 Å². The lowest BCUT2D eigenvalue weighted by molar-refractivity contribution is 0.0351. The number of aliphatic hydroxyl groups excluding tert-OH is 1. The van der Waals surface area contributed by atoms with E-state index in [1.54, 1.807) is 0 Å². The van der Waals surface area contributed by atoms with E-state index in [9.17, 15) is 5.11 Å². The molecule has 4 nitrogen and oxygen atoms in total. The van der Waals surface area contributed by atoms with Crippen molar-refractivity contribution >= 4 is 0 Å². The molecule has 2 fully saturated rings. The molecule has 2 rings (SSSR count). The van der Waals surface area contributed by atoms with Crippen LogP contribution in [0, 0.1) is 5.92 Å². The van der Waals surface area contributed by atoms with Crippen LogP contribution < -0.4 is 5.73 Å². The molecule has 4 heteroatoms. The van der Waals surface area contributed by atoms with Gasteiger partial charge in [-0.15, -0.1) is 0 Å². The zero-order chi connectivity index (χ0) is 13.0. The van der Waals surface area contributed by atoms with Crippen molar-refractivity contribution in [2.24, 2.45) is 11.7 Å². The molecule has 0 aromatic rings. The van der Waals surface area contributed by atoms with E-state index in [1.165, 1.54) is 25.7 Å². The summed E-state index contributed by atoms with van der Waals surface area (Å²) in [5.41, 5.74) is 5.85. The van der Waals surface area contributed by atoms with Crippen LogP contribution in [0.15, 0.2) is 0 Å². The lowest BCUT2D eigenvalue weighted by Crippen LogP contribution is -2.56. The molecule has 1 saturated heterocycles. The summed E-state index contributed by atoms with van der Waals surface area (Å²) in [7, 11) is 2.15. The van der Waals surface area contributed by atoms with Crippen LogP contribution in [0.4, 0.5) is 0 Å². The second-order valence-electron chi connectivity index (χ2n) is 6.19. The van der Waals surface area contributed by atoms with Gasteiger partial charge in [0.05, 0.1) is 6.10 Å². The molecule has 0 amide bonds. The smallest absolute Gasteiger partial charge is 0.0669 e. The van der Waals surface area contributed by atoms with Gasteiger partial charge in [-0.2, -0.15) is 0 Å². The van der Waals surface area contributed by atoms with E-state index < -0.39 is 0 Å². The van der Waals surface area contributed by atoms with Crippen molar-refractivity contribution < 1.29 is 5.11 Å². The lowest BCUT2D eigenvalue weighted by Gasteiger charge is -2.40. The lowest BCUT2D eigenvalue weighted by atomic mass is 9.99. The van der Waals surface area contributed by atoms with Crippen LogP contribution in [0.5, 0.6) is 0 Å². The molecule has 3 N–H and O–H groups in total. The van der Waals surface area contributed by atoms with Gasteiger partial charge in [0.15, 0.2) is 0 Å². The van der Waals surface area contributed by atoms with Crippen LogP contribution in [0.3, 0.4) is 0 Å². The van der Waals surface area contributed by atoms with Crippen LogP contribution in [0.2, 0.25) is 0 Å². The molecule has 2 unspecified atom stereocenters. The fourth-order valence-corrected chi connectivity index (χ4v) is 3.49. The number of nitrogens with two attached hydrogens (primary N) is 1. The van der Waals surface area contributed by atoms with Crippen LogP contribution in [-0.2, 0) is 0 Å². The Morgan fingerprint density at radius 3 is 2.67 bits per heavy atom. The Kier molecular flexibility index (Phi) is 5.42. The SMILES string of the molecule is CN1CCN(CC(O)CC2CCCC2)C(CN)C1. The van der Waals surface area contributed by atoms with Crippen LogP contribution in [-0.4, -0.2) is 66.8 Å². The van der Waals surface area contributed by atoms with Crippen molar-refractivity contribution in [3.8, 4) is 0 Å². The topological polar surface area (TPSA) is 52.7 Å². The number of rotatable bonds is 5. The normalized spacial score (nSPS) is 29.8. The zero-order valence-corrected chi connectivity index (χ0v) is 11.7. The van der Waals surface area contributed by atoms with E-state index in [0.29, 0.717) is 12.6 Å². The maximum Gasteiger partial charge on any atom is 0.0669 e. The quantitative estimate of drug-likeness (QED) is 0.751. The molecular weight excluding hydrogens is 226 g/mol. The third-order valence-electron chi connectivity index (χ3n) is 4.61. The Hall–Kier alpha value is -0.160. The van der Waals surface area contributed by atoms with Gasteiger partial charge in [0.2, 0.25) is 0 Å². The van der Waals surface area contributed by atoms with E-state index in [-0.39, 0.29) is 6.10 Å². The molecule has 2 aliphatic rings. The Bertz CT molecular complexity index is 243. The summed E-state index contributed by atoms with van der Waals surface area (Å²) in [6, 6.07) is 0.418. The third-order valence-corrected chi connectivity index (χ3v) is 4.61. The standard InChI is InChI=1S/C14H29N3O/c1-16-6-7-17(13(9-15)10-16)11-14(18)8-12-4-2-3-5-12/h12-14,18H,2-11,15H2,1H3. The average Bonchev–Trinajstić information content (AvgIpc) is 2.84. The number of aliphatic hydroxyl groups is 1. The molecule has 0 aromatic carbocycles. The van der Waals surface area contributed by atoms with Gasteiger partial charge in [-0.25, -0.2) is 0 Å². The molecular formula is C14H29N3O. The van der Waals surface area contributed by atoms with E-state index in [1.807, 2.05) is 0 Å². The molecule has 1 aliphatic heterocycles. The predicted octanol–water partition coefficient (Wildman–Crippen LogP) is 0.502. The third kappa shape index (κ3) is 3.92. The van der Waals surface area contributed by atoms with Crippen molar-refractivity contribution in [1.82, 2.24) is 9.80 Å². The first-order valence-electron chi connectivity index (χ1n) is 7.49. The number of hydrogen-bond donors (Lipinski definition) is 2. The first kappa shape index (κ1) is 14.3. The van der Waals surface area contributed by atoms with Gasteiger partial charge in [0.25, 0.3) is 0 Å². The van der Waals surface area contributed by atoms with E-state index in [4.69, 9.17) is 5.73 Å². The highest BCUT2D eigenvalue weighted by molar-refractivity contribution is 4.83. The van der Waals surface area contributed by atoms with Crippen LogP contribution in [0.1, 0.15) is 32.1 Å². The Labute approximate surface area is 111 Å². The van der Waals surface area contributed by atoms with Gasteiger partial charge in [0.1, 0.15) is 0 Å². The average molecular weight is 255 g/mol. The minimum absolute atomic E-state index is 0.162. The molecule has 1 saturated carbocycles. The largest absolute Gasteiger partial charge is 0.392 e. The number of β-amino-alcohol motifs (C(OH)–C–C–N with tert-alkyl or cyclic N) is 1. The van der Waals surface area contributed by atoms with E-state index in [2.05, 4.69) is 16.8 Å². The second-order valence-corrected chi connectivity index (χ2v) is 6.19. The van der Waals surface area contributed by atoms with Crippen molar-refractivity contribution in [2.75, 3.05) is 39.8 Å². The monoisotopic (exact) mass is 255 g/mol. The molecule has 106 valence electrons. The molecule has 0 bridgehead atoms. The highest BCUT2D eigenvalue weighted by Crippen LogP contribution is 2.28. The number of nitrogens with zero attached hydrogens (tertiary/aromatic N) is 2. The van der Waals surface area contributed by atoms with Gasteiger partial charge in [0, 0.05) is 38.8 Å². The molecule has 18 heavy (non-hydrogen) atoms. The van der Waals surface area contributed by atoms with Gasteiger partial charge >= 0.3 is 0 Å². The Balaban J connectivity index is 1.76. The minimum Gasteiger partial charge on any atom is -0.392 e. The van der Waals surface area contributed by atoms with Gasteiger partial charge in [-0.1, -0.05) is 25.7 Å². The second kappa shape index (κ2) is 6.85. The highest BCUT2D eigenvalue weighted by Gasteiger charge is 2.27. The zero-order valence-electron chi connectivity index (χ0n) is 11.7. The van der Waals surface area contributed by atoms with Crippen molar-refractivity contribution in [2.45, 2.75) is 44.2 Å². The summed E-state index contributed by atoms with van der Waals surface area (Å²) in [5.74, 6) is 0.767. The fraction of sp³-hybridized carbons (Fsp3) is 1.00. The van der Waals surface area contributed by atoms with E-state index in [0.717, 1.165) is 38.5 Å². The van der Waals surface area contributed by atoms with Gasteiger partial charge < -0.3 is 15.7 Å². The van der Waals surface area contributed by atoms with Crippen molar-refractivity contribution in [1.29, 1.82) is 0 Å².